The van der Waals surface area contributed by atoms with Crippen molar-refractivity contribution >= 4 is 34.3 Å². The fraction of sp³-hybridized carbons (Fsp3) is 0.619. The van der Waals surface area contributed by atoms with E-state index in [1.165, 1.54) is 12.1 Å². The zero-order valence-electron chi connectivity index (χ0n) is 18.2. The summed E-state index contributed by atoms with van der Waals surface area (Å²) in [6, 6.07) is 3.64. The number of hydrogen-bond donors (Lipinski definition) is 2. The highest BCUT2D eigenvalue weighted by Gasteiger charge is 2.36. The first-order valence-corrected chi connectivity index (χ1v) is 11.8. The number of ether oxygens (including phenoxy) is 1. The van der Waals surface area contributed by atoms with Crippen LogP contribution in [-0.2, 0) is 4.74 Å². The van der Waals surface area contributed by atoms with Crippen LogP contribution in [0.4, 0.5) is 24.9 Å². The number of aromatic nitrogens is 2. The number of anilines is 2. The summed E-state index contributed by atoms with van der Waals surface area (Å²) in [5, 5.41) is 13.9. The van der Waals surface area contributed by atoms with E-state index in [1.807, 2.05) is 22.6 Å². The molecule has 4 atom stereocenters. The van der Waals surface area contributed by atoms with Gasteiger partial charge in [-0.2, -0.15) is 0 Å². The summed E-state index contributed by atoms with van der Waals surface area (Å²) < 4.78 is 55.3. The molecule has 0 amide bonds. The lowest BCUT2D eigenvalue weighted by molar-refractivity contribution is 0.0398. The average Bonchev–Trinajstić information content (AvgIpc) is 3.27. The molecule has 2 aromatic rings. The fourth-order valence-corrected chi connectivity index (χ4v) is 3.96. The van der Waals surface area contributed by atoms with Gasteiger partial charge in [0, 0.05) is 29.7 Å². The summed E-state index contributed by atoms with van der Waals surface area (Å²) in [7, 11) is 0. The summed E-state index contributed by atoms with van der Waals surface area (Å²) >= 11 is 1.98. The molecule has 1 aromatic heterocycles. The van der Waals surface area contributed by atoms with Crippen LogP contribution in [0.2, 0.25) is 0 Å². The maximum Gasteiger partial charge on any atom is 0.315 e. The Morgan fingerprint density at radius 3 is 2.66 bits per heavy atom. The third-order valence-corrected chi connectivity index (χ3v) is 6.18. The third kappa shape index (κ3) is 6.70. The molecule has 11 heteroatoms. The normalized spacial score (nSPS) is 18.7. The minimum absolute atomic E-state index is 0.000579. The van der Waals surface area contributed by atoms with Crippen LogP contribution >= 0.6 is 22.6 Å². The zero-order chi connectivity index (χ0) is 23.1. The van der Waals surface area contributed by atoms with E-state index in [2.05, 4.69) is 25.7 Å². The maximum absolute atomic E-state index is 15.0. The largest absolute Gasteiger partial charge is 0.408 e. The molecule has 32 heavy (non-hydrogen) atoms. The van der Waals surface area contributed by atoms with Crippen molar-refractivity contribution in [2.45, 2.75) is 44.6 Å². The lowest BCUT2D eigenvalue weighted by Crippen LogP contribution is -2.41. The van der Waals surface area contributed by atoms with Crippen LogP contribution in [-0.4, -0.2) is 72.9 Å². The van der Waals surface area contributed by atoms with Gasteiger partial charge in [0.2, 0.25) is 5.89 Å². The molecule has 1 aliphatic rings. The Labute approximate surface area is 199 Å². The summed E-state index contributed by atoms with van der Waals surface area (Å²) in [6.45, 7) is 7.78. The van der Waals surface area contributed by atoms with Crippen LogP contribution in [0.3, 0.4) is 0 Å². The highest BCUT2D eigenvalue weighted by Crippen LogP contribution is 2.30. The zero-order valence-corrected chi connectivity index (χ0v) is 20.3. The number of morpholine rings is 1. The van der Waals surface area contributed by atoms with Gasteiger partial charge in [0.05, 0.1) is 30.9 Å². The first-order valence-electron chi connectivity index (χ1n) is 10.8. The van der Waals surface area contributed by atoms with Gasteiger partial charge < -0.3 is 19.8 Å². The number of rotatable bonds is 11. The Morgan fingerprint density at radius 1 is 1.22 bits per heavy atom. The van der Waals surface area contributed by atoms with Gasteiger partial charge in [0.15, 0.2) is 6.17 Å². The molecule has 0 bridgehead atoms. The van der Waals surface area contributed by atoms with Gasteiger partial charge in [-0.3, -0.25) is 4.90 Å². The van der Waals surface area contributed by atoms with Crippen molar-refractivity contribution in [3.05, 3.63) is 33.5 Å². The van der Waals surface area contributed by atoms with Gasteiger partial charge >= 0.3 is 6.01 Å². The topological polar surface area (TPSA) is 75.5 Å². The summed E-state index contributed by atoms with van der Waals surface area (Å²) in [6.07, 6.45) is -3.60. The van der Waals surface area contributed by atoms with Crippen molar-refractivity contribution in [2.24, 2.45) is 0 Å². The van der Waals surface area contributed by atoms with Gasteiger partial charge in [0.1, 0.15) is 12.0 Å². The number of hydrogen-bond acceptors (Lipinski definition) is 7. The van der Waals surface area contributed by atoms with E-state index >= 15 is 4.39 Å². The summed E-state index contributed by atoms with van der Waals surface area (Å²) in [5.74, 6) is -1.09. The van der Waals surface area contributed by atoms with E-state index in [0.717, 1.165) is 32.8 Å². The highest BCUT2D eigenvalue weighted by molar-refractivity contribution is 14.1. The third-order valence-electron chi connectivity index (χ3n) is 5.51. The van der Waals surface area contributed by atoms with Crippen molar-refractivity contribution in [2.75, 3.05) is 50.0 Å². The smallest absolute Gasteiger partial charge is 0.315 e. The first-order chi connectivity index (χ1) is 15.4. The van der Waals surface area contributed by atoms with Crippen molar-refractivity contribution in [3.8, 4) is 0 Å². The average molecular weight is 567 g/mol. The molecule has 2 heterocycles. The van der Waals surface area contributed by atoms with Gasteiger partial charge in [0.25, 0.3) is 0 Å². The molecule has 2 N–H and O–H groups in total. The maximum atomic E-state index is 15.0. The van der Waals surface area contributed by atoms with Gasteiger partial charge in [-0.15, -0.1) is 5.10 Å². The first kappa shape index (κ1) is 25.0. The van der Waals surface area contributed by atoms with E-state index in [4.69, 9.17) is 9.15 Å². The number of halogens is 4. The van der Waals surface area contributed by atoms with Gasteiger partial charge in [-0.25, -0.2) is 13.2 Å². The Kier molecular flexibility index (Phi) is 9.41. The Morgan fingerprint density at radius 2 is 1.97 bits per heavy atom. The molecule has 1 saturated heterocycles. The minimum Gasteiger partial charge on any atom is -0.408 e. The van der Waals surface area contributed by atoms with Gasteiger partial charge in [-0.05, 0) is 47.2 Å². The predicted molar refractivity (Wildman–Crippen MR) is 125 cm³/mol. The van der Waals surface area contributed by atoms with Crippen molar-refractivity contribution < 1.29 is 22.3 Å². The molecule has 3 rings (SSSR count). The molecule has 0 saturated carbocycles. The molecule has 0 radical (unpaired) electrons. The summed E-state index contributed by atoms with van der Waals surface area (Å²) in [5.41, 5.74) is 0.0941. The monoisotopic (exact) mass is 567 g/mol. The molecule has 178 valence electrons. The molecular formula is C21H29F3IN5O2. The molecule has 1 aromatic carbocycles. The lowest BCUT2D eigenvalue weighted by Gasteiger charge is -2.29. The van der Waals surface area contributed by atoms with Crippen molar-refractivity contribution in [3.63, 3.8) is 0 Å². The molecule has 7 nitrogen and oxygen atoms in total. The van der Waals surface area contributed by atoms with Crippen LogP contribution in [0.5, 0.6) is 0 Å². The van der Waals surface area contributed by atoms with Crippen molar-refractivity contribution in [1.29, 1.82) is 0 Å². The van der Waals surface area contributed by atoms with Gasteiger partial charge in [-0.1, -0.05) is 18.9 Å². The quantitative estimate of drug-likeness (QED) is 0.394. The van der Waals surface area contributed by atoms with E-state index in [-0.39, 0.29) is 24.0 Å². The highest BCUT2D eigenvalue weighted by atomic mass is 127. The number of benzene rings is 1. The molecular weight excluding hydrogens is 538 g/mol. The second-order valence-corrected chi connectivity index (χ2v) is 9.02. The molecule has 0 spiro atoms. The van der Waals surface area contributed by atoms with E-state index in [0.29, 0.717) is 10.1 Å². The SMILES string of the molecule is CCC(F)C(F)C(Nc1ccc(I)cc1F)C(C)c1nnc(NCCN2CCOCC2)o1. The minimum atomic E-state index is -1.89. The Bertz CT molecular complexity index is 853. The molecule has 1 aliphatic heterocycles. The van der Waals surface area contributed by atoms with Crippen LogP contribution in [0.15, 0.2) is 22.6 Å². The molecule has 1 fully saturated rings. The van der Waals surface area contributed by atoms with Crippen LogP contribution in [0.1, 0.15) is 32.1 Å². The predicted octanol–water partition coefficient (Wildman–Crippen LogP) is 4.23. The second-order valence-electron chi connectivity index (χ2n) is 7.78. The number of nitrogens with zero attached hydrogens (tertiary/aromatic N) is 3. The Hall–Kier alpha value is -1.60. The Balaban J connectivity index is 1.67. The molecule has 4 unspecified atom stereocenters. The van der Waals surface area contributed by atoms with E-state index < -0.39 is 30.1 Å². The van der Waals surface area contributed by atoms with Crippen LogP contribution in [0, 0.1) is 9.39 Å². The summed E-state index contributed by atoms with van der Waals surface area (Å²) in [4.78, 5) is 2.26. The fourth-order valence-electron chi connectivity index (χ4n) is 3.51. The molecule has 0 aliphatic carbocycles. The van der Waals surface area contributed by atoms with Crippen molar-refractivity contribution in [1.82, 2.24) is 15.1 Å². The van der Waals surface area contributed by atoms with E-state index in [1.54, 1.807) is 19.9 Å². The second kappa shape index (κ2) is 12.0. The van der Waals surface area contributed by atoms with E-state index in [9.17, 15) is 8.78 Å². The number of alkyl halides is 2. The van der Waals surface area contributed by atoms with Crippen LogP contribution in [0.25, 0.3) is 0 Å². The lowest BCUT2D eigenvalue weighted by atomic mass is 9.93. The number of nitrogens with one attached hydrogen (secondary N) is 2. The standard InChI is InChI=1S/C21H29F3IN5O2/c1-3-15(22)18(24)19(27-17-5-4-14(25)12-16(17)23)13(2)20-28-29-21(32-20)26-6-7-30-8-10-31-11-9-30/h4-5,12-13,15,18-19,27H,3,6-11H2,1-2H3,(H,26,29). The van der Waals surface area contributed by atoms with Crippen LogP contribution < -0.4 is 10.6 Å².